The van der Waals surface area contributed by atoms with Crippen LogP contribution < -0.4 is 10.1 Å². The number of ether oxygens (including phenoxy) is 1. The maximum Gasteiger partial charge on any atom is 0.341 e. The van der Waals surface area contributed by atoms with Crippen molar-refractivity contribution in [3.05, 3.63) is 64.4 Å². The number of benzene rings is 2. The minimum atomic E-state index is -1.09. The fourth-order valence-corrected chi connectivity index (χ4v) is 2.74. The minimum absolute atomic E-state index is 0.258. The van der Waals surface area contributed by atoms with E-state index in [0.29, 0.717) is 5.75 Å². The Morgan fingerprint density at radius 3 is 2.41 bits per heavy atom. The Kier molecular flexibility index (Phi) is 6.44. The fraction of sp³-hybridized carbons (Fsp3) is 0.300. The minimum Gasteiger partial charge on any atom is -0.482 e. The smallest absolute Gasteiger partial charge is 0.341 e. The zero-order valence-electron chi connectivity index (χ0n) is 15.3. The Hall–Kier alpha value is -2.60. The largest absolute Gasteiger partial charge is 0.482 e. The molecule has 1 unspecified atom stereocenters. The zero-order chi connectivity index (χ0) is 20.2. The fourth-order valence-electron chi connectivity index (χ4n) is 2.58. The molecule has 0 heterocycles. The van der Waals surface area contributed by atoms with Crippen LogP contribution in [-0.2, 0) is 15.0 Å². The van der Waals surface area contributed by atoms with Gasteiger partial charge in [0.05, 0.1) is 11.5 Å². The van der Waals surface area contributed by atoms with Crippen LogP contribution in [0.5, 0.6) is 5.75 Å². The summed E-state index contributed by atoms with van der Waals surface area (Å²) in [6, 6.07) is 10.6. The number of amides is 1. The number of carbonyl (C=O) groups is 2. The summed E-state index contributed by atoms with van der Waals surface area (Å²) in [5.41, 5.74) is -0.0274. The van der Waals surface area contributed by atoms with Crippen molar-refractivity contribution in [2.45, 2.75) is 32.2 Å². The molecule has 1 atom stereocenters. The first-order valence-corrected chi connectivity index (χ1v) is 8.70. The summed E-state index contributed by atoms with van der Waals surface area (Å²) in [5, 5.41) is 11.8. The number of rotatable bonds is 7. The highest BCUT2D eigenvalue weighted by molar-refractivity contribution is 6.30. The Morgan fingerprint density at radius 1 is 1.22 bits per heavy atom. The molecule has 0 bridgehead atoms. The number of nitrogens with one attached hydrogen (secondary N) is 1. The van der Waals surface area contributed by atoms with Crippen LogP contribution in [0.3, 0.4) is 0 Å². The zero-order valence-corrected chi connectivity index (χ0v) is 16.0. The van der Waals surface area contributed by atoms with Gasteiger partial charge in [-0.25, -0.2) is 9.18 Å². The van der Waals surface area contributed by atoms with Gasteiger partial charge in [-0.1, -0.05) is 29.8 Å². The molecule has 0 aliphatic carbocycles. The van der Waals surface area contributed by atoms with Gasteiger partial charge in [0.25, 0.3) is 0 Å². The SMILES string of the molecule is CC(NC(=O)C(C)(C)c1ccc(Cl)cc1F)c1ccc(OCC(=O)O)cc1. The molecule has 0 aromatic heterocycles. The van der Waals surface area contributed by atoms with Crippen LogP contribution in [0.25, 0.3) is 0 Å². The molecule has 2 N–H and O–H groups in total. The lowest BCUT2D eigenvalue weighted by Gasteiger charge is -2.27. The van der Waals surface area contributed by atoms with E-state index in [4.69, 9.17) is 21.4 Å². The number of carboxylic acids is 1. The number of hydrogen-bond donors (Lipinski definition) is 2. The quantitative estimate of drug-likeness (QED) is 0.742. The van der Waals surface area contributed by atoms with E-state index >= 15 is 0 Å². The van der Waals surface area contributed by atoms with Gasteiger partial charge in [-0.3, -0.25) is 4.79 Å². The second-order valence-electron chi connectivity index (χ2n) is 6.70. The Bertz CT molecular complexity index is 836. The normalized spacial score (nSPS) is 12.3. The molecule has 7 heteroatoms. The molecule has 0 radical (unpaired) electrons. The van der Waals surface area contributed by atoms with Crippen molar-refractivity contribution >= 4 is 23.5 Å². The number of hydrogen-bond acceptors (Lipinski definition) is 3. The summed E-state index contributed by atoms with van der Waals surface area (Å²) in [7, 11) is 0. The summed E-state index contributed by atoms with van der Waals surface area (Å²) in [4.78, 5) is 23.2. The molecule has 0 aliphatic rings. The molecule has 2 aromatic rings. The van der Waals surface area contributed by atoms with E-state index in [-0.39, 0.29) is 22.5 Å². The number of halogens is 2. The second kappa shape index (κ2) is 8.39. The number of carbonyl (C=O) groups excluding carboxylic acids is 1. The molecule has 1 amide bonds. The van der Waals surface area contributed by atoms with Crippen LogP contribution in [0.15, 0.2) is 42.5 Å². The molecule has 2 aromatic carbocycles. The third kappa shape index (κ3) is 5.20. The van der Waals surface area contributed by atoms with E-state index in [1.165, 1.54) is 12.1 Å². The van der Waals surface area contributed by atoms with E-state index in [2.05, 4.69) is 5.32 Å². The molecule has 0 aliphatic heterocycles. The van der Waals surface area contributed by atoms with Crippen molar-refractivity contribution < 1.29 is 23.8 Å². The Balaban J connectivity index is 2.08. The second-order valence-corrected chi connectivity index (χ2v) is 7.13. The van der Waals surface area contributed by atoms with E-state index in [1.807, 2.05) is 0 Å². The van der Waals surface area contributed by atoms with Crippen molar-refractivity contribution in [2.75, 3.05) is 6.61 Å². The van der Waals surface area contributed by atoms with Gasteiger partial charge in [-0.05, 0) is 50.6 Å². The van der Waals surface area contributed by atoms with E-state index in [0.717, 1.165) is 5.56 Å². The van der Waals surface area contributed by atoms with Crippen molar-refractivity contribution in [2.24, 2.45) is 0 Å². The van der Waals surface area contributed by atoms with Gasteiger partial charge in [-0.15, -0.1) is 0 Å². The third-order valence-corrected chi connectivity index (χ3v) is 4.50. The van der Waals surface area contributed by atoms with Gasteiger partial charge in [0.15, 0.2) is 6.61 Å². The summed E-state index contributed by atoms with van der Waals surface area (Å²) >= 11 is 5.78. The van der Waals surface area contributed by atoms with Crippen LogP contribution in [0, 0.1) is 5.82 Å². The first-order valence-electron chi connectivity index (χ1n) is 8.32. The molecule has 0 spiro atoms. The summed E-state index contributed by atoms with van der Waals surface area (Å²) in [6.45, 7) is 4.67. The topological polar surface area (TPSA) is 75.6 Å². The summed E-state index contributed by atoms with van der Waals surface area (Å²) in [5.74, 6) is -1.50. The van der Waals surface area contributed by atoms with Crippen molar-refractivity contribution in [1.29, 1.82) is 0 Å². The van der Waals surface area contributed by atoms with Gasteiger partial charge in [0.1, 0.15) is 11.6 Å². The van der Waals surface area contributed by atoms with E-state index < -0.39 is 23.8 Å². The molecule has 5 nitrogen and oxygen atoms in total. The lowest BCUT2D eigenvalue weighted by atomic mass is 9.83. The van der Waals surface area contributed by atoms with E-state index in [1.54, 1.807) is 51.1 Å². The van der Waals surface area contributed by atoms with Crippen LogP contribution >= 0.6 is 11.6 Å². The van der Waals surface area contributed by atoms with E-state index in [9.17, 15) is 14.0 Å². The van der Waals surface area contributed by atoms with Crippen molar-refractivity contribution in [3.8, 4) is 5.75 Å². The first kappa shape index (κ1) is 20.7. The molecule has 0 fully saturated rings. The Morgan fingerprint density at radius 2 is 1.85 bits per heavy atom. The standard InChI is InChI=1S/C20H21ClFNO4/c1-12(13-4-7-15(8-5-13)27-11-18(24)25)23-19(26)20(2,3)16-9-6-14(21)10-17(16)22/h4-10,12H,11H2,1-3H3,(H,23,26)(H,24,25). The number of aliphatic carboxylic acids is 1. The van der Waals surface area contributed by atoms with Crippen LogP contribution in [0.1, 0.15) is 37.9 Å². The van der Waals surface area contributed by atoms with Gasteiger partial charge < -0.3 is 15.2 Å². The highest BCUT2D eigenvalue weighted by Gasteiger charge is 2.33. The average molecular weight is 394 g/mol. The van der Waals surface area contributed by atoms with Crippen molar-refractivity contribution in [3.63, 3.8) is 0 Å². The highest BCUT2D eigenvalue weighted by Crippen LogP contribution is 2.29. The van der Waals surface area contributed by atoms with Crippen LogP contribution in [-0.4, -0.2) is 23.6 Å². The Labute approximate surface area is 162 Å². The predicted molar refractivity (Wildman–Crippen MR) is 101 cm³/mol. The maximum absolute atomic E-state index is 14.2. The molecule has 2 rings (SSSR count). The van der Waals surface area contributed by atoms with Crippen LogP contribution in [0.4, 0.5) is 4.39 Å². The van der Waals surface area contributed by atoms with Crippen LogP contribution in [0.2, 0.25) is 5.02 Å². The van der Waals surface area contributed by atoms with Gasteiger partial charge in [-0.2, -0.15) is 0 Å². The first-order chi connectivity index (χ1) is 12.6. The lowest BCUT2D eigenvalue weighted by molar-refractivity contribution is -0.139. The third-order valence-electron chi connectivity index (χ3n) is 4.26. The predicted octanol–water partition coefficient (Wildman–Crippen LogP) is 4.10. The monoisotopic (exact) mass is 393 g/mol. The molecule has 144 valence electrons. The van der Waals surface area contributed by atoms with Gasteiger partial charge >= 0.3 is 5.97 Å². The van der Waals surface area contributed by atoms with Gasteiger partial charge in [0, 0.05) is 10.6 Å². The average Bonchev–Trinajstić information content (AvgIpc) is 2.59. The highest BCUT2D eigenvalue weighted by atomic mass is 35.5. The molecule has 27 heavy (non-hydrogen) atoms. The lowest BCUT2D eigenvalue weighted by Crippen LogP contribution is -2.41. The summed E-state index contributed by atoms with van der Waals surface area (Å²) in [6.07, 6.45) is 0. The number of carboxylic acid groups (broad SMARTS) is 1. The van der Waals surface area contributed by atoms with Crippen molar-refractivity contribution in [1.82, 2.24) is 5.32 Å². The molecular weight excluding hydrogens is 373 g/mol. The maximum atomic E-state index is 14.2. The molecule has 0 saturated carbocycles. The van der Waals surface area contributed by atoms with Gasteiger partial charge in [0.2, 0.25) is 5.91 Å². The molecule has 0 saturated heterocycles. The molecular formula is C20H21ClFNO4. The summed E-state index contributed by atoms with van der Waals surface area (Å²) < 4.78 is 19.3.